The summed E-state index contributed by atoms with van der Waals surface area (Å²) in [6, 6.07) is 18.3. The van der Waals surface area contributed by atoms with E-state index in [-0.39, 0.29) is 16.1 Å². The number of halogens is 2. The molecule has 0 aliphatic rings. The maximum absolute atomic E-state index is 12.7. The zero-order valence-electron chi connectivity index (χ0n) is 17.4. The first kappa shape index (κ1) is 24.5. The third-order valence-corrected chi connectivity index (χ3v) is 8.04. The first-order valence-electron chi connectivity index (χ1n) is 9.80. The Morgan fingerprint density at radius 2 is 1.59 bits per heavy atom. The molecule has 0 fully saturated rings. The fourth-order valence-electron chi connectivity index (χ4n) is 2.81. The summed E-state index contributed by atoms with van der Waals surface area (Å²) in [5, 5.41) is 3.67. The van der Waals surface area contributed by atoms with Crippen LogP contribution < -0.4 is 10.0 Å². The average Bonchev–Trinajstić information content (AvgIpc) is 2.76. The normalized spacial score (nSPS) is 12.2. The molecule has 0 spiro atoms. The van der Waals surface area contributed by atoms with Gasteiger partial charge in [0.05, 0.1) is 15.8 Å². The van der Waals surface area contributed by atoms with Gasteiger partial charge in [0.15, 0.2) is 0 Å². The minimum atomic E-state index is -3.79. The molecule has 0 heterocycles. The number of hydrogen-bond acceptors (Lipinski definition) is 4. The summed E-state index contributed by atoms with van der Waals surface area (Å²) in [4.78, 5) is 13.7. The van der Waals surface area contributed by atoms with Gasteiger partial charge in [0.2, 0.25) is 5.91 Å². The van der Waals surface area contributed by atoms with Crippen LogP contribution in [0.1, 0.15) is 18.9 Å². The topological polar surface area (TPSA) is 75.3 Å². The van der Waals surface area contributed by atoms with Gasteiger partial charge in [-0.05, 0) is 79.6 Å². The lowest BCUT2D eigenvalue weighted by atomic mass is 10.2. The Labute approximate surface area is 202 Å². The van der Waals surface area contributed by atoms with Crippen molar-refractivity contribution in [2.45, 2.75) is 35.3 Å². The van der Waals surface area contributed by atoms with Crippen LogP contribution in [0, 0.1) is 6.92 Å². The number of nitrogens with one attached hydrogen (secondary N) is 2. The van der Waals surface area contributed by atoms with E-state index < -0.39 is 10.0 Å². The molecule has 3 aromatic carbocycles. The second-order valence-corrected chi connectivity index (χ2v) is 10.9. The highest BCUT2D eigenvalue weighted by Crippen LogP contribution is 2.28. The molecule has 0 aliphatic carbocycles. The molecule has 0 bridgehead atoms. The Kier molecular flexibility index (Phi) is 8.11. The van der Waals surface area contributed by atoms with Crippen molar-refractivity contribution in [1.29, 1.82) is 0 Å². The Hall–Kier alpha value is -2.19. The van der Waals surface area contributed by atoms with E-state index in [2.05, 4.69) is 10.0 Å². The molecule has 0 saturated carbocycles. The van der Waals surface area contributed by atoms with Crippen LogP contribution in [0.4, 0.5) is 11.4 Å². The van der Waals surface area contributed by atoms with Gasteiger partial charge >= 0.3 is 0 Å². The zero-order valence-corrected chi connectivity index (χ0v) is 20.6. The van der Waals surface area contributed by atoms with Gasteiger partial charge in [-0.1, -0.05) is 36.2 Å². The molecular formula is C23H22Cl2N2O3S2. The van der Waals surface area contributed by atoms with Crippen LogP contribution in [-0.2, 0) is 14.8 Å². The number of carbonyl (C=O) groups is 1. The molecule has 0 radical (unpaired) electrons. The Balaban J connectivity index is 1.66. The molecule has 9 heteroatoms. The Morgan fingerprint density at radius 3 is 2.19 bits per heavy atom. The van der Waals surface area contributed by atoms with Crippen molar-refractivity contribution in [3.8, 4) is 0 Å². The van der Waals surface area contributed by atoms with E-state index in [9.17, 15) is 13.2 Å². The Morgan fingerprint density at radius 1 is 0.969 bits per heavy atom. The monoisotopic (exact) mass is 508 g/mol. The smallest absolute Gasteiger partial charge is 0.261 e. The van der Waals surface area contributed by atoms with Crippen LogP contribution in [0.25, 0.3) is 0 Å². The number of sulfonamides is 1. The van der Waals surface area contributed by atoms with E-state index in [1.54, 1.807) is 42.5 Å². The van der Waals surface area contributed by atoms with E-state index >= 15 is 0 Å². The second-order valence-electron chi connectivity index (χ2n) is 7.05. The van der Waals surface area contributed by atoms with Crippen molar-refractivity contribution in [2.75, 3.05) is 10.0 Å². The Bertz CT molecular complexity index is 1200. The molecular weight excluding hydrogens is 487 g/mol. The van der Waals surface area contributed by atoms with Gasteiger partial charge in [-0.25, -0.2) is 8.42 Å². The summed E-state index contributed by atoms with van der Waals surface area (Å²) in [6.07, 6.45) is 0.634. The molecule has 32 heavy (non-hydrogen) atoms. The first-order chi connectivity index (χ1) is 15.2. The lowest BCUT2D eigenvalue weighted by Gasteiger charge is -2.15. The number of hydrogen-bond donors (Lipinski definition) is 2. The minimum absolute atomic E-state index is 0.0785. The second kappa shape index (κ2) is 10.6. The van der Waals surface area contributed by atoms with Gasteiger partial charge in [-0.2, -0.15) is 0 Å². The highest BCUT2D eigenvalue weighted by molar-refractivity contribution is 8.00. The summed E-state index contributed by atoms with van der Waals surface area (Å²) in [5.41, 5.74) is 1.75. The first-order valence-corrected chi connectivity index (χ1v) is 12.9. The number of benzene rings is 3. The fourth-order valence-corrected chi connectivity index (χ4v) is 5.12. The molecule has 1 unspecified atom stereocenters. The van der Waals surface area contributed by atoms with Gasteiger partial charge in [0.1, 0.15) is 0 Å². The third-order valence-electron chi connectivity index (χ3n) is 4.61. The number of rotatable bonds is 8. The van der Waals surface area contributed by atoms with Crippen LogP contribution in [0.3, 0.4) is 0 Å². The van der Waals surface area contributed by atoms with Crippen molar-refractivity contribution in [3.05, 3.63) is 82.3 Å². The van der Waals surface area contributed by atoms with E-state index in [1.165, 1.54) is 23.9 Å². The molecule has 1 atom stereocenters. The third kappa shape index (κ3) is 6.42. The number of thioether (sulfide) groups is 1. The molecule has 5 nitrogen and oxygen atoms in total. The minimum Gasteiger partial charge on any atom is -0.325 e. The molecule has 0 aliphatic heterocycles. The maximum atomic E-state index is 12.7. The summed E-state index contributed by atoms with van der Waals surface area (Å²) in [6.45, 7) is 3.77. The molecule has 168 valence electrons. The molecule has 1 amide bonds. The number of carbonyl (C=O) groups excluding carboxylic acids is 1. The van der Waals surface area contributed by atoms with Crippen molar-refractivity contribution < 1.29 is 13.2 Å². The standard InChI is InChI=1S/C23H22Cl2N2O3S2/c1-3-22(31-19-10-5-16(24)6-11-19)23(28)26-17-8-12-20(13-9-17)32(29,30)27-18-7-4-15(2)21(25)14-18/h4-14,22,27H,3H2,1-2H3,(H,26,28). The van der Waals surface area contributed by atoms with Gasteiger partial charge in [0, 0.05) is 20.6 Å². The summed E-state index contributed by atoms with van der Waals surface area (Å²) in [7, 11) is -3.79. The predicted octanol–water partition coefficient (Wildman–Crippen LogP) is 6.61. The molecule has 2 N–H and O–H groups in total. The number of aryl methyl sites for hydroxylation is 1. The predicted molar refractivity (Wildman–Crippen MR) is 133 cm³/mol. The molecule has 0 aromatic heterocycles. The lowest BCUT2D eigenvalue weighted by Crippen LogP contribution is -2.24. The molecule has 3 rings (SSSR count). The van der Waals surface area contributed by atoms with Gasteiger partial charge in [0.25, 0.3) is 10.0 Å². The number of anilines is 2. The van der Waals surface area contributed by atoms with E-state index in [0.717, 1.165) is 10.5 Å². The van der Waals surface area contributed by atoms with E-state index in [4.69, 9.17) is 23.2 Å². The largest absolute Gasteiger partial charge is 0.325 e. The quantitative estimate of drug-likeness (QED) is 0.335. The van der Waals surface area contributed by atoms with Crippen LogP contribution in [-0.4, -0.2) is 19.6 Å². The summed E-state index contributed by atoms with van der Waals surface area (Å²) >= 11 is 13.4. The van der Waals surface area contributed by atoms with E-state index in [0.29, 0.717) is 27.8 Å². The zero-order chi connectivity index (χ0) is 23.3. The van der Waals surface area contributed by atoms with Crippen molar-refractivity contribution >= 4 is 62.3 Å². The molecule has 0 saturated heterocycles. The van der Waals surface area contributed by atoms with Gasteiger partial charge < -0.3 is 5.32 Å². The van der Waals surface area contributed by atoms with Crippen LogP contribution >= 0.6 is 35.0 Å². The van der Waals surface area contributed by atoms with Crippen LogP contribution in [0.2, 0.25) is 10.0 Å². The van der Waals surface area contributed by atoms with Gasteiger partial charge in [-0.15, -0.1) is 11.8 Å². The summed E-state index contributed by atoms with van der Waals surface area (Å²) < 4.78 is 27.8. The van der Waals surface area contributed by atoms with Crippen LogP contribution in [0.15, 0.2) is 76.5 Å². The molecule has 3 aromatic rings. The average molecular weight is 509 g/mol. The fraction of sp³-hybridized carbons (Fsp3) is 0.174. The number of amides is 1. The SMILES string of the molecule is CCC(Sc1ccc(Cl)cc1)C(=O)Nc1ccc(S(=O)(=O)Nc2ccc(C)c(Cl)c2)cc1. The summed E-state index contributed by atoms with van der Waals surface area (Å²) in [5.74, 6) is -0.157. The van der Waals surface area contributed by atoms with Crippen molar-refractivity contribution in [1.82, 2.24) is 0 Å². The lowest BCUT2D eigenvalue weighted by molar-refractivity contribution is -0.115. The highest BCUT2D eigenvalue weighted by Gasteiger charge is 2.19. The van der Waals surface area contributed by atoms with Crippen molar-refractivity contribution in [2.24, 2.45) is 0 Å². The van der Waals surface area contributed by atoms with E-state index in [1.807, 2.05) is 26.0 Å². The van der Waals surface area contributed by atoms with Crippen LogP contribution in [0.5, 0.6) is 0 Å². The van der Waals surface area contributed by atoms with Crippen molar-refractivity contribution in [3.63, 3.8) is 0 Å². The maximum Gasteiger partial charge on any atom is 0.261 e. The highest BCUT2D eigenvalue weighted by atomic mass is 35.5. The van der Waals surface area contributed by atoms with Gasteiger partial charge in [-0.3, -0.25) is 9.52 Å².